The molecule has 0 aliphatic heterocycles. The summed E-state index contributed by atoms with van der Waals surface area (Å²) in [4.78, 5) is 0. The van der Waals surface area contributed by atoms with E-state index in [1.54, 1.807) is 0 Å². The monoisotopic (exact) mass is 564 g/mol. The van der Waals surface area contributed by atoms with E-state index in [4.69, 9.17) is 0 Å². The van der Waals surface area contributed by atoms with Crippen LogP contribution >= 0.6 is 11.1 Å². The van der Waals surface area contributed by atoms with E-state index in [-0.39, 0.29) is 0 Å². The Balaban J connectivity index is 6.68. The van der Waals surface area contributed by atoms with E-state index in [9.17, 15) is 79.0 Å². The third kappa shape index (κ3) is 9.17. The SMILES string of the molecule is FC(F)(F)C(O[Si](Cl)(OC(C(F)(F)F)C(F)(F)F)OC(C(F)(F)F)C(F)(F)F)C(F)(F)F. The zero-order valence-electron chi connectivity index (χ0n) is 13.6. The second-order valence-corrected chi connectivity index (χ2v) is 8.28. The van der Waals surface area contributed by atoms with Crippen molar-refractivity contribution in [3.63, 3.8) is 0 Å². The maximum atomic E-state index is 12.5. The Morgan fingerprint density at radius 3 is 0.594 bits per heavy atom. The van der Waals surface area contributed by atoms with Crippen molar-refractivity contribution in [1.29, 1.82) is 0 Å². The van der Waals surface area contributed by atoms with Crippen molar-refractivity contribution in [1.82, 2.24) is 0 Å². The molecule has 0 saturated carbocycles. The van der Waals surface area contributed by atoms with Crippen LogP contribution in [0.15, 0.2) is 0 Å². The van der Waals surface area contributed by atoms with Gasteiger partial charge in [-0.1, -0.05) is 11.1 Å². The predicted octanol–water partition coefficient (Wildman–Crippen LogP) is 6.19. The summed E-state index contributed by atoms with van der Waals surface area (Å²) in [6.45, 7) is 0. The van der Waals surface area contributed by atoms with Crippen LogP contribution in [0.5, 0.6) is 0 Å². The van der Waals surface area contributed by atoms with Gasteiger partial charge >= 0.3 is 45.2 Å². The lowest BCUT2D eigenvalue weighted by Crippen LogP contribution is -2.61. The van der Waals surface area contributed by atoms with Gasteiger partial charge in [0.15, 0.2) is 0 Å². The molecule has 0 fully saturated rings. The van der Waals surface area contributed by atoms with E-state index in [1.807, 2.05) is 0 Å². The van der Waals surface area contributed by atoms with Gasteiger partial charge in [0.05, 0.1) is 0 Å². The van der Waals surface area contributed by atoms with Gasteiger partial charge < -0.3 is 13.3 Å². The van der Waals surface area contributed by atoms with Crippen LogP contribution in [0.25, 0.3) is 0 Å². The molecule has 0 N–H and O–H groups in total. The molecule has 0 aromatic rings. The Labute approximate surface area is 168 Å². The van der Waals surface area contributed by atoms with Gasteiger partial charge in [-0.25, -0.2) is 0 Å². The molecule has 0 atom stereocenters. The molecule has 0 aromatic heterocycles. The zero-order chi connectivity index (χ0) is 26.4. The highest BCUT2D eigenvalue weighted by atomic mass is 35.6. The Bertz CT molecular complexity index is 489. The lowest BCUT2D eigenvalue weighted by atomic mass is 10.3. The summed E-state index contributed by atoms with van der Waals surface area (Å²) in [5.74, 6) is 0. The Morgan fingerprint density at radius 2 is 0.500 bits per heavy atom. The summed E-state index contributed by atoms with van der Waals surface area (Å²) >= 11 is 4.43. The van der Waals surface area contributed by atoms with Gasteiger partial charge in [0.25, 0.3) is 0 Å². The molecule has 0 heterocycles. The van der Waals surface area contributed by atoms with Gasteiger partial charge in [-0.3, -0.25) is 0 Å². The van der Waals surface area contributed by atoms with E-state index in [0.29, 0.717) is 0 Å². The quantitative estimate of drug-likeness (QED) is 0.219. The Morgan fingerprint density at radius 1 is 0.375 bits per heavy atom. The lowest BCUT2D eigenvalue weighted by Gasteiger charge is -2.36. The molecule has 0 bridgehead atoms. The van der Waals surface area contributed by atoms with Crippen molar-refractivity contribution >= 4 is 19.2 Å². The molecular weight excluding hydrogens is 562 g/mol. The highest BCUT2D eigenvalue weighted by Crippen LogP contribution is 2.45. The first-order valence-corrected chi connectivity index (χ1v) is 9.38. The molecule has 32 heavy (non-hydrogen) atoms. The first-order valence-electron chi connectivity index (χ1n) is 6.64. The van der Waals surface area contributed by atoms with Crippen molar-refractivity contribution in [3.05, 3.63) is 0 Å². The fraction of sp³-hybridized carbons (Fsp3) is 1.00. The molecule has 0 aromatic carbocycles. The fourth-order valence-corrected chi connectivity index (χ4v) is 4.08. The van der Waals surface area contributed by atoms with Crippen LogP contribution < -0.4 is 0 Å². The second kappa shape index (κ2) is 9.06. The molecule has 0 radical (unpaired) electrons. The molecule has 0 amide bonds. The summed E-state index contributed by atoms with van der Waals surface area (Å²) < 4.78 is 232. The third-order valence-corrected chi connectivity index (χ3v) is 4.91. The average Bonchev–Trinajstić information content (AvgIpc) is 2.41. The minimum absolute atomic E-state index is 2.62. The van der Waals surface area contributed by atoms with Crippen LogP contribution in [0.1, 0.15) is 0 Å². The summed E-state index contributed by atoms with van der Waals surface area (Å²) in [6, 6.07) is 0. The van der Waals surface area contributed by atoms with Crippen molar-refractivity contribution in [3.8, 4) is 0 Å². The molecule has 194 valence electrons. The number of hydrogen-bond donors (Lipinski definition) is 0. The van der Waals surface area contributed by atoms with Gasteiger partial charge in [-0.15, -0.1) is 0 Å². The molecule has 0 spiro atoms. The number of halogens is 19. The first-order chi connectivity index (χ1) is 13.5. The summed E-state index contributed by atoms with van der Waals surface area (Å²) in [6.07, 6.45) is -58.1. The van der Waals surface area contributed by atoms with Gasteiger partial charge in [0.2, 0.25) is 18.3 Å². The van der Waals surface area contributed by atoms with E-state index in [2.05, 4.69) is 24.4 Å². The standard InChI is InChI=1S/C9H3ClF18O3Si/c10-32(29-1(4(11,12)13)5(14,15)16,30-2(6(17,18)19)7(20,21)22)31-3(8(23,24)25)9(26,27)28/h1-3H. The second-order valence-electron chi connectivity index (χ2n) is 5.22. The van der Waals surface area contributed by atoms with Crippen LogP contribution in [0.4, 0.5) is 79.0 Å². The molecule has 0 aliphatic rings. The topological polar surface area (TPSA) is 27.7 Å². The van der Waals surface area contributed by atoms with E-state index in [1.165, 1.54) is 0 Å². The highest BCUT2D eigenvalue weighted by Gasteiger charge is 2.70. The van der Waals surface area contributed by atoms with Gasteiger partial charge in [-0.05, 0) is 0 Å². The maximum Gasteiger partial charge on any atom is 0.615 e. The molecule has 0 rings (SSSR count). The fourth-order valence-electron chi connectivity index (χ4n) is 1.46. The molecule has 0 unspecified atom stereocenters. The number of alkyl halides is 18. The van der Waals surface area contributed by atoms with Crippen LogP contribution in [-0.4, -0.2) is 63.5 Å². The molecule has 0 aliphatic carbocycles. The van der Waals surface area contributed by atoms with Crippen LogP contribution in [0.3, 0.4) is 0 Å². The van der Waals surface area contributed by atoms with E-state index < -0.39 is 63.5 Å². The van der Waals surface area contributed by atoms with Crippen molar-refractivity contribution < 1.29 is 92.3 Å². The Kier molecular flexibility index (Phi) is 8.81. The summed E-state index contributed by atoms with van der Waals surface area (Å²) in [5.41, 5.74) is 0. The third-order valence-electron chi connectivity index (χ3n) is 2.56. The minimum atomic E-state index is -7.95. The summed E-state index contributed by atoms with van der Waals surface area (Å²) in [5, 5.41) is 0. The van der Waals surface area contributed by atoms with Gasteiger partial charge in [0.1, 0.15) is 0 Å². The largest absolute Gasteiger partial charge is 0.615 e. The Hall–Kier alpha value is -0.873. The zero-order valence-corrected chi connectivity index (χ0v) is 15.4. The number of hydrogen-bond acceptors (Lipinski definition) is 3. The smallest absolute Gasteiger partial charge is 0.341 e. The molecule has 0 saturated heterocycles. The van der Waals surface area contributed by atoms with Crippen LogP contribution in [-0.2, 0) is 13.3 Å². The lowest BCUT2D eigenvalue weighted by molar-refractivity contribution is -0.339. The normalized spacial score (nSPS) is 15.9. The van der Waals surface area contributed by atoms with E-state index >= 15 is 0 Å². The molecule has 3 nitrogen and oxygen atoms in total. The van der Waals surface area contributed by atoms with Crippen molar-refractivity contribution in [2.24, 2.45) is 0 Å². The molecule has 23 heteroatoms. The number of rotatable bonds is 6. The first kappa shape index (κ1) is 31.1. The van der Waals surface area contributed by atoms with Gasteiger partial charge in [0, 0.05) is 0 Å². The highest BCUT2D eigenvalue weighted by molar-refractivity contribution is 7.09. The van der Waals surface area contributed by atoms with Crippen LogP contribution in [0.2, 0.25) is 0 Å². The molecular formula is C9H3ClF18O3Si. The van der Waals surface area contributed by atoms with Crippen molar-refractivity contribution in [2.45, 2.75) is 55.4 Å². The minimum Gasteiger partial charge on any atom is -0.341 e. The van der Waals surface area contributed by atoms with Crippen LogP contribution in [0, 0.1) is 0 Å². The average molecular weight is 565 g/mol. The summed E-state index contributed by atoms with van der Waals surface area (Å²) in [7, 11) is -7.95. The predicted molar refractivity (Wildman–Crippen MR) is 62.6 cm³/mol. The van der Waals surface area contributed by atoms with Crippen molar-refractivity contribution in [2.75, 3.05) is 0 Å². The van der Waals surface area contributed by atoms with E-state index in [0.717, 1.165) is 0 Å². The maximum absolute atomic E-state index is 12.5. The van der Waals surface area contributed by atoms with Gasteiger partial charge in [-0.2, -0.15) is 79.0 Å².